The second kappa shape index (κ2) is 3.89. The molecule has 0 atom stereocenters. The highest BCUT2D eigenvalue weighted by molar-refractivity contribution is 7.91. The van der Waals surface area contributed by atoms with Gasteiger partial charge in [0.15, 0.2) is 15.8 Å². The average Bonchev–Trinajstić information content (AvgIpc) is 2.54. The van der Waals surface area contributed by atoms with Crippen molar-refractivity contribution in [2.45, 2.75) is 17.0 Å². The molecule has 0 unspecified atom stereocenters. The van der Waals surface area contributed by atoms with Crippen LogP contribution in [0, 0.1) is 6.92 Å². The molecule has 0 amide bonds. The molecule has 0 aliphatic carbocycles. The van der Waals surface area contributed by atoms with Crippen molar-refractivity contribution >= 4 is 9.84 Å². The van der Waals surface area contributed by atoms with Crippen molar-refractivity contribution in [3.63, 3.8) is 0 Å². The fourth-order valence-corrected chi connectivity index (χ4v) is 3.17. The number of aromatic hydroxyl groups is 1. The zero-order chi connectivity index (χ0) is 12.6. The molecule has 0 radical (unpaired) electrons. The van der Waals surface area contributed by atoms with E-state index in [4.69, 9.17) is 0 Å². The number of aromatic nitrogens is 2. The lowest BCUT2D eigenvalue weighted by Crippen LogP contribution is -2.08. The maximum absolute atomic E-state index is 12.2. The van der Waals surface area contributed by atoms with Crippen molar-refractivity contribution in [1.82, 2.24) is 9.55 Å². The van der Waals surface area contributed by atoms with E-state index in [1.165, 1.54) is 16.8 Å². The molecule has 0 aliphatic heterocycles. The molecule has 1 N–H and O–H groups in total. The third-order valence-electron chi connectivity index (χ3n) is 2.45. The van der Waals surface area contributed by atoms with Crippen LogP contribution < -0.4 is 0 Å². The standard InChI is InChI=1S/C11H12N2O3S/c1-8-7-13(2)11(10(8)14)17(15,16)9-5-3-4-6-12-9/h3-7,14H,1-2H3. The first-order chi connectivity index (χ1) is 7.94. The topological polar surface area (TPSA) is 72.2 Å². The van der Waals surface area contributed by atoms with Crippen molar-refractivity contribution in [3.8, 4) is 5.75 Å². The number of nitrogens with zero attached hydrogens (tertiary/aromatic N) is 2. The lowest BCUT2D eigenvalue weighted by Gasteiger charge is -2.05. The van der Waals surface area contributed by atoms with Gasteiger partial charge in [0.25, 0.3) is 0 Å². The quantitative estimate of drug-likeness (QED) is 0.873. The Balaban J connectivity index is 2.69. The van der Waals surface area contributed by atoms with Gasteiger partial charge in [0.2, 0.25) is 9.84 Å². The van der Waals surface area contributed by atoms with Crippen molar-refractivity contribution in [1.29, 1.82) is 0 Å². The van der Waals surface area contributed by atoms with E-state index in [0.29, 0.717) is 5.56 Å². The van der Waals surface area contributed by atoms with E-state index in [2.05, 4.69) is 4.98 Å². The highest BCUT2D eigenvalue weighted by atomic mass is 32.2. The van der Waals surface area contributed by atoms with E-state index in [1.54, 1.807) is 32.3 Å². The summed E-state index contributed by atoms with van der Waals surface area (Å²) in [5, 5.41) is 9.58. The second-order valence-corrected chi connectivity index (χ2v) is 5.56. The van der Waals surface area contributed by atoms with Gasteiger partial charge in [0, 0.05) is 25.0 Å². The van der Waals surface area contributed by atoms with E-state index >= 15 is 0 Å². The summed E-state index contributed by atoms with van der Waals surface area (Å²) in [5.41, 5.74) is 0.516. The average molecular weight is 252 g/mol. The minimum Gasteiger partial charge on any atom is -0.505 e. The first-order valence-electron chi connectivity index (χ1n) is 4.95. The molecule has 2 aromatic rings. The number of sulfone groups is 1. The number of aryl methyl sites for hydroxylation is 2. The monoisotopic (exact) mass is 252 g/mol. The molecule has 2 rings (SSSR count). The van der Waals surface area contributed by atoms with Crippen molar-refractivity contribution in [2.75, 3.05) is 0 Å². The molecule has 5 nitrogen and oxygen atoms in total. The van der Waals surface area contributed by atoms with Gasteiger partial charge in [0.1, 0.15) is 0 Å². The SMILES string of the molecule is Cc1cn(C)c(S(=O)(=O)c2ccccn2)c1O. The van der Waals surface area contributed by atoms with Crippen LogP contribution in [-0.2, 0) is 16.9 Å². The molecule has 2 aromatic heterocycles. The molecule has 0 fully saturated rings. The van der Waals surface area contributed by atoms with Crippen LogP contribution in [0.4, 0.5) is 0 Å². The normalized spacial score (nSPS) is 11.6. The van der Waals surface area contributed by atoms with Crippen LogP contribution in [0.2, 0.25) is 0 Å². The summed E-state index contributed by atoms with van der Waals surface area (Å²) in [4.78, 5) is 3.81. The van der Waals surface area contributed by atoms with E-state index in [-0.39, 0.29) is 15.8 Å². The zero-order valence-electron chi connectivity index (χ0n) is 9.45. The Morgan fingerprint density at radius 1 is 1.35 bits per heavy atom. The zero-order valence-corrected chi connectivity index (χ0v) is 10.3. The fraction of sp³-hybridized carbons (Fsp3) is 0.182. The van der Waals surface area contributed by atoms with Gasteiger partial charge in [-0.3, -0.25) is 0 Å². The van der Waals surface area contributed by atoms with Crippen LogP contribution >= 0.6 is 0 Å². The minimum absolute atomic E-state index is 0.0727. The molecule has 90 valence electrons. The van der Waals surface area contributed by atoms with Gasteiger partial charge in [-0.2, -0.15) is 0 Å². The number of pyridine rings is 1. The Morgan fingerprint density at radius 2 is 2.06 bits per heavy atom. The maximum Gasteiger partial charge on any atom is 0.242 e. The van der Waals surface area contributed by atoms with Crippen LogP contribution in [0.15, 0.2) is 40.6 Å². The summed E-state index contributed by atoms with van der Waals surface area (Å²) in [7, 11) is -2.21. The largest absolute Gasteiger partial charge is 0.505 e. The molecule has 0 saturated carbocycles. The Morgan fingerprint density at radius 3 is 2.53 bits per heavy atom. The lowest BCUT2D eigenvalue weighted by molar-refractivity contribution is 0.449. The van der Waals surface area contributed by atoms with Crippen LogP contribution in [0.3, 0.4) is 0 Å². The molecule has 6 heteroatoms. The minimum atomic E-state index is -3.78. The molecular formula is C11H12N2O3S. The molecule has 0 aromatic carbocycles. The molecule has 0 bridgehead atoms. The Bertz CT molecular complexity index is 645. The van der Waals surface area contributed by atoms with Gasteiger partial charge in [0.05, 0.1) is 0 Å². The second-order valence-electron chi connectivity index (χ2n) is 3.75. The Kier molecular flexibility index (Phi) is 2.66. The summed E-state index contributed by atoms with van der Waals surface area (Å²) < 4.78 is 25.9. The van der Waals surface area contributed by atoms with Gasteiger partial charge < -0.3 is 9.67 Å². The molecule has 0 saturated heterocycles. The van der Waals surface area contributed by atoms with Gasteiger partial charge >= 0.3 is 0 Å². The van der Waals surface area contributed by atoms with Gasteiger partial charge in [-0.1, -0.05) is 6.07 Å². The van der Waals surface area contributed by atoms with Crippen molar-refractivity contribution in [2.24, 2.45) is 7.05 Å². The predicted octanol–water partition coefficient (Wildman–Crippen LogP) is 1.27. The third-order valence-corrected chi connectivity index (χ3v) is 4.23. The first kappa shape index (κ1) is 11.7. The summed E-state index contributed by atoms with van der Waals surface area (Å²) in [6.45, 7) is 1.65. The first-order valence-corrected chi connectivity index (χ1v) is 6.44. The predicted molar refractivity (Wildman–Crippen MR) is 61.5 cm³/mol. The van der Waals surface area contributed by atoms with Gasteiger partial charge in [-0.15, -0.1) is 0 Å². The lowest BCUT2D eigenvalue weighted by atomic mass is 10.4. The maximum atomic E-state index is 12.2. The molecule has 2 heterocycles. The van der Waals surface area contributed by atoms with E-state index in [9.17, 15) is 13.5 Å². The summed E-state index contributed by atoms with van der Waals surface area (Å²) in [6.07, 6.45) is 2.96. The van der Waals surface area contributed by atoms with Crippen LogP contribution in [0.25, 0.3) is 0 Å². The third kappa shape index (κ3) is 1.80. The van der Waals surface area contributed by atoms with Gasteiger partial charge in [-0.25, -0.2) is 13.4 Å². The fourth-order valence-electron chi connectivity index (χ4n) is 1.67. The number of rotatable bonds is 2. The van der Waals surface area contributed by atoms with Crippen LogP contribution in [0.1, 0.15) is 5.56 Å². The van der Waals surface area contributed by atoms with Gasteiger partial charge in [-0.05, 0) is 19.1 Å². The number of hydrogen-bond donors (Lipinski definition) is 1. The molecule has 0 spiro atoms. The van der Waals surface area contributed by atoms with Crippen molar-refractivity contribution in [3.05, 3.63) is 36.2 Å². The summed E-state index contributed by atoms with van der Waals surface area (Å²) >= 11 is 0. The number of hydrogen-bond acceptors (Lipinski definition) is 4. The smallest absolute Gasteiger partial charge is 0.242 e. The van der Waals surface area contributed by atoms with Crippen LogP contribution in [0.5, 0.6) is 5.75 Å². The summed E-state index contributed by atoms with van der Waals surface area (Å²) in [5.74, 6) is -0.224. The summed E-state index contributed by atoms with van der Waals surface area (Å²) in [6, 6.07) is 4.62. The Hall–Kier alpha value is -1.82. The highest BCUT2D eigenvalue weighted by Crippen LogP contribution is 2.31. The highest BCUT2D eigenvalue weighted by Gasteiger charge is 2.27. The molecule has 0 aliphatic rings. The van der Waals surface area contributed by atoms with Crippen molar-refractivity contribution < 1.29 is 13.5 Å². The van der Waals surface area contributed by atoms with E-state index in [0.717, 1.165) is 0 Å². The van der Waals surface area contributed by atoms with Crippen LogP contribution in [-0.4, -0.2) is 23.1 Å². The molecular weight excluding hydrogens is 240 g/mol. The van der Waals surface area contributed by atoms with E-state index < -0.39 is 9.84 Å². The molecule has 17 heavy (non-hydrogen) atoms. The van der Waals surface area contributed by atoms with E-state index in [1.807, 2.05) is 0 Å². The Labute approximate surface area is 99.3 Å².